The molecule has 33 heavy (non-hydrogen) atoms. The minimum absolute atomic E-state index is 0.0882. The van der Waals surface area contributed by atoms with Crippen molar-refractivity contribution >= 4 is 0 Å². The number of aliphatic hydroxyl groups is 2. The fourth-order valence-corrected chi connectivity index (χ4v) is 4.65. The number of likely N-dealkylation sites (N-methyl/N-ethyl adjacent to an activating group) is 1. The van der Waals surface area contributed by atoms with E-state index in [1.165, 1.54) is 109 Å². The van der Waals surface area contributed by atoms with Crippen LogP contribution in [-0.2, 0) is 9.47 Å². The largest absolute Gasteiger partial charge is 0.394 e. The van der Waals surface area contributed by atoms with Gasteiger partial charge in [0.2, 0.25) is 0 Å². The van der Waals surface area contributed by atoms with Crippen LogP contribution in [-0.4, -0.2) is 80.5 Å². The number of quaternary nitrogens is 1. The van der Waals surface area contributed by atoms with Crippen LogP contribution in [0.1, 0.15) is 117 Å². The van der Waals surface area contributed by atoms with E-state index in [2.05, 4.69) is 13.8 Å². The summed E-state index contributed by atoms with van der Waals surface area (Å²) in [5.41, 5.74) is 0. The molecule has 0 rings (SSSR count). The van der Waals surface area contributed by atoms with Crippen LogP contribution < -0.4 is 0 Å². The molecule has 0 aromatic heterocycles. The molecule has 0 spiro atoms. The molecule has 0 amide bonds. The van der Waals surface area contributed by atoms with E-state index in [4.69, 9.17) is 19.7 Å². The van der Waals surface area contributed by atoms with E-state index in [0.717, 1.165) is 24.1 Å². The first-order chi connectivity index (χ1) is 16.2. The molecule has 0 saturated carbocycles. The topological polar surface area (TPSA) is 58.9 Å². The van der Waals surface area contributed by atoms with Gasteiger partial charge in [-0.25, -0.2) is 0 Å². The van der Waals surface area contributed by atoms with E-state index in [1.54, 1.807) is 0 Å². The minimum Gasteiger partial charge on any atom is -0.394 e. The molecule has 0 unspecified atom stereocenters. The summed E-state index contributed by atoms with van der Waals surface area (Å²) in [7, 11) is 0. The summed E-state index contributed by atoms with van der Waals surface area (Å²) in [5.74, 6) is 0. The van der Waals surface area contributed by atoms with Crippen LogP contribution in [0.4, 0.5) is 0 Å². The Morgan fingerprint density at radius 3 is 1.15 bits per heavy atom. The number of nitrogens with zero attached hydrogens (tertiary/aromatic N) is 1. The highest BCUT2D eigenvalue weighted by molar-refractivity contribution is 4.51. The van der Waals surface area contributed by atoms with E-state index < -0.39 is 0 Å². The zero-order valence-electron chi connectivity index (χ0n) is 22.5. The summed E-state index contributed by atoms with van der Waals surface area (Å²) in [6, 6.07) is 0. The van der Waals surface area contributed by atoms with Crippen molar-refractivity contribution in [3.8, 4) is 0 Å². The van der Waals surface area contributed by atoms with Crippen molar-refractivity contribution in [2.75, 3.05) is 65.8 Å². The van der Waals surface area contributed by atoms with Gasteiger partial charge in [-0.15, -0.1) is 0 Å². The molecule has 0 fully saturated rings. The number of hydrogen-bond acceptors (Lipinski definition) is 4. The molecule has 0 atom stereocenters. The van der Waals surface area contributed by atoms with E-state index in [0.29, 0.717) is 26.4 Å². The summed E-state index contributed by atoms with van der Waals surface area (Å²) in [4.78, 5) is 0. The highest BCUT2D eigenvalue weighted by Gasteiger charge is 2.24. The number of aliphatic hydroxyl groups excluding tert-OH is 2. The van der Waals surface area contributed by atoms with Crippen LogP contribution >= 0.6 is 0 Å². The number of rotatable bonds is 28. The maximum absolute atomic E-state index is 8.94. The average molecular weight is 475 g/mol. The molecule has 0 aliphatic rings. The molecule has 0 heterocycles. The lowest BCUT2D eigenvalue weighted by atomic mass is 10.0. The van der Waals surface area contributed by atoms with Gasteiger partial charge in [-0.05, 0) is 19.8 Å². The van der Waals surface area contributed by atoms with Gasteiger partial charge in [0.25, 0.3) is 0 Å². The van der Waals surface area contributed by atoms with Crippen LogP contribution in [0.25, 0.3) is 0 Å². The molecule has 200 valence electrons. The van der Waals surface area contributed by atoms with Crippen molar-refractivity contribution in [2.24, 2.45) is 0 Å². The predicted molar refractivity (Wildman–Crippen MR) is 141 cm³/mol. The fraction of sp³-hybridized carbons (Fsp3) is 1.00. The van der Waals surface area contributed by atoms with Crippen molar-refractivity contribution < 1.29 is 24.2 Å². The molecule has 2 N–H and O–H groups in total. The molecule has 0 aliphatic carbocycles. The third kappa shape index (κ3) is 22.0. The summed E-state index contributed by atoms with van der Waals surface area (Å²) >= 11 is 0. The van der Waals surface area contributed by atoms with E-state index in [-0.39, 0.29) is 13.2 Å². The van der Waals surface area contributed by atoms with Crippen LogP contribution in [0, 0.1) is 0 Å². The van der Waals surface area contributed by atoms with Gasteiger partial charge >= 0.3 is 0 Å². The monoisotopic (exact) mass is 474 g/mol. The van der Waals surface area contributed by atoms with Crippen molar-refractivity contribution in [3.05, 3.63) is 0 Å². The Balaban J connectivity index is 3.76. The van der Waals surface area contributed by atoms with Gasteiger partial charge in [-0.3, -0.25) is 0 Å². The second-order valence-electron chi connectivity index (χ2n) is 9.80. The molecule has 0 aliphatic heterocycles. The Morgan fingerprint density at radius 2 is 0.818 bits per heavy atom. The van der Waals surface area contributed by atoms with Crippen molar-refractivity contribution in [2.45, 2.75) is 117 Å². The first-order valence-electron chi connectivity index (χ1n) is 14.5. The van der Waals surface area contributed by atoms with Crippen molar-refractivity contribution in [3.63, 3.8) is 0 Å². The lowest BCUT2D eigenvalue weighted by Crippen LogP contribution is -2.52. The first-order valence-corrected chi connectivity index (χ1v) is 14.5. The highest BCUT2D eigenvalue weighted by atomic mass is 16.5. The molecule has 5 heteroatoms. The highest BCUT2D eigenvalue weighted by Crippen LogP contribution is 2.15. The Bertz CT molecular complexity index is 356. The number of ether oxygens (including phenoxy) is 2. The van der Waals surface area contributed by atoms with E-state index in [1.807, 2.05) is 0 Å². The number of unbranched alkanes of at least 4 members (excludes halogenated alkanes) is 15. The van der Waals surface area contributed by atoms with Gasteiger partial charge in [0.1, 0.15) is 13.1 Å². The Morgan fingerprint density at radius 1 is 0.455 bits per heavy atom. The molecule has 0 bridgehead atoms. The van der Waals surface area contributed by atoms with Gasteiger partial charge < -0.3 is 24.2 Å². The van der Waals surface area contributed by atoms with Gasteiger partial charge in [0.05, 0.1) is 52.7 Å². The summed E-state index contributed by atoms with van der Waals surface area (Å²) < 4.78 is 12.1. The standard InChI is InChI=1S/C28H60NO4/c1-3-5-6-7-8-9-10-11-12-13-14-15-16-17-18-19-20-29(4-2,21-25-32-27-23-30)22-26-33-28-24-31/h30-31H,3-28H2,1-2H3/q+1. The SMILES string of the molecule is CCCCCCCCCCCCCCCCCC[N+](CC)(CCOCCO)CCOCCO. The van der Waals surface area contributed by atoms with Crippen LogP contribution in [0.3, 0.4) is 0 Å². The zero-order valence-corrected chi connectivity index (χ0v) is 22.5. The minimum atomic E-state index is 0.0882. The number of hydrogen-bond donors (Lipinski definition) is 2. The summed E-state index contributed by atoms with van der Waals surface area (Å²) in [6.07, 6.45) is 22.4. The molecule has 0 radical (unpaired) electrons. The van der Waals surface area contributed by atoms with Gasteiger partial charge in [0.15, 0.2) is 0 Å². The second-order valence-corrected chi connectivity index (χ2v) is 9.80. The molecule has 5 nitrogen and oxygen atoms in total. The molecule has 0 saturated heterocycles. The predicted octanol–water partition coefficient (Wildman–Crippen LogP) is 6.10. The quantitative estimate of drug-likeness (QED) is 0.106. The van der Waals surface area contributed by atoms with Crippen molar-refractivity contribution in [1.29, 1.82) is 0 Å². The summed E-state index contributed by atoms with van der Waals surface area (Å²) in [5, 5.41) is 17.9. The maximum Gasteiger partial charge on any atom is 0.102 e. The first kappa shape index (κ1) is 32.8. The van der Waals surface area contributed by atoms with Crippen LogP contribution in [0.2, 0.25) is 0 Å². The Kier molecular flexibility index (Phi) is 26.2. The second kappa shape index (κ2) is 26.4. The third-order valence-electron chi connectivity index (χ3n) is 7.05. The van der Waals surface area contributed by atoms with E-state index in [9.17, 15) is 0 Å². The molecular weight excluding hydrogens is 414 g/mol. The Hall–Kier alpha value is -0.200. The smallest absolute Gasteiger partial charge is 0.102 e. The normalized spacial score (nSPS) is 12.0. The van der Waals surface area contributed by atoms with E-state index >= 15 is 0 Å². The average Bonchev–Trinajstić information content (AvgIpc) is 2.83. The van der Waals surface area contributed by atoms with Gasteiger partial charge in [-0.2, -0.15) is 0 Å². The summed E-state index contributed by atoms with van der Waals surface area (Å²) in [6.45, 7) is 11.1. The lowest BCUT2D eigenvalue weighted by Gasteiger charge is -2.38. The Labute approximate surface area is 206 Å². The zero-order chi connectivity index (χ0) is 24.3. The van der Waals surface area contributed by atoms with Gasteiger partial charge in [0, 0.05) is 0 Å². The fourth-order valence-electron chi connectivity index (χ4n) is 4.65. The van der Waals surface area contributed by atoms with Crippen molar-refractivity contribution in [1.82, 2.24) is 0 Å². The molecular formula is C28H60NO4+. The van der Waals surface area contributed by atoms with Gasteiger partial charge in [-0.1, -0.05) is 96.8 Å². The maximum atomic E-state index is 8.94. The molecule has 0 aromatic rings. The lowest BCUT2D eigenvalue weighted by molar-refractivity contribution is -0.927. The third-order valence-corrected chi connectivity index (χ3v) is 7.05. The van der Waals surface area contributed by atoms with Crippen LogP contribution in [0.5, 0.6) is 0 Å². The van der Waals surface area contributed by atoms with Crippen LogP contribution in [0.15, 0.2) is 0 Å². The molecule has 0 aromatic carbocycles.